The highest BCUT2D eigenvalue weighted by molar-refractivity contribution is 5.84. The van der Waals surface area contributed by atoms with E-state index in [1.54, 1.807) is 11.8 Å². The van der Waals surface area contributed by atoms with Gasteiger partial charge in [0.1, 0.15) is 11.3 Å². The Hall–Kier alpha value is -2.40. The molecule has 1 N–H and O–H groups in total. The van der Waals surface area contributed by atoms with E-state index in [2.05, 4.69) is 21.5 Å². The van der Waals surface area contributed by atoms with Gasteiger partial charge in [0.25, 0.3) is 0 Å². The molecule has 0 aliphatic rings. The fraction of sp³-hybridized carbons (Fsp3) is 0.250. The SMILES string of the molecule is COc1cccc2ccc(CNCc3ccn(C)n3)nc12. The molecule has 21 heavy (non-hydrogen) atoms. The molecule has 2 heterocycles. The number of aryl methyl sites for hydroxylation is 1. The van der Waals surface area contributed by atoms with Gasteiger partial charge >= 0.3 is 0 Å². The molecule has 0 unspecified atom stereocenters. The zero-order chi connectivity index (χ0) is 14.7. The molecule has 108 valence electrons. The van der Waals surface area contributed by atoms with Crippen molar-refractivity contribution in [3.8, 4) is 5.75 Å². The normalized spacial score (nSPS) is 11.0. The third-order valence-corrected chi connectivity index (χ3v) is 3.34. The Morgan fingerprint density at radius 2 is 1.95 bits per heavy atom. The molecule has 0 saturated carbocycles. The molecule has 0 amide bonds. The van der Waals surface area contributed by atoms with Crippen LogP contribution in [0, 0.1) is 0 Å². The van der Waals surface area contributed by atoms with Crippen LogP contribution in [0.25, 0.3) is 10.9 Å². The summed E-state index contributed by atoms with van der Waals surface area (Å²) in [6, 6.07) is 12.1. The molecule has 3 aromatic rings. The average Bonchev–Trinajstić information content (AvgIpc) is 2.92. The summed E-state index contributed by atoms with van der Waals surface area (Å²) < 4.78 is 7.17. The van der Waals surface area contributed by atoms with Gasteiger partial charge in [-0.15, -0.1) is 0 Å². The van der Waals surface area contributed by atoms with E-state index >= 15 is 0 Å². The molecule has 0 radical (unpaired) electrons. The lowest BCUT2D eigenvalue weighted by atomic mass is 10.2. The van der Waals surface area contributed by atoms with Crippen LogP contribution >= 0.6 is 0 Å². The van der Waals surface area contributed by atoms with Crippen molar-refractivity contribution in [1.29, 1.82) is 0 Å². The van der Waals surface area contributed by atoms with Crippen LogP contribution in [-0.2, 0) is 20.1 Å². The van der Waals surface area contributed by atoms with Gasteiger partial charge < -0.3 is 10.1 Å². The van der Waals surface area contributed by atoms with E-state index in [9.17, 15) is 0 Å². The van der Waals surface area contributed by atoms with Crippen LogP contribution < -0.4 is 10.1 Å². The van der Waals surface area contributed by atoms with E-state index < -0.39 is 0 Å². The van der Waals surface area contributed by atoms with Crippen LogP contribution in [0.1, 0.15) is 11.4 Å². The first-order chi connectivity index (χ1) is 10.3. The predicted molar refractivity (Wildman–Crippen MR) is 82.0 cm³/mol. The van der Waals surface area contributed by atoms with Gasteiger partial charge in [0.15, 0.2) is 0 Å². The highest BCUT2D eigenvalue weighted by Gasteiger charge is 2.04. The molecule has 0 aliphatic carbocycles. The first-order valence-corrected chi connectivity index (χ1v) is 6.88. The summed E-state index contributed by atoms with van der Waals surface area (Å²) in [6.07, 6.45) is 1.94. The number of aromatic nitrogens is 3. The van der Waals surface area contributed by atoms with Crippen molar-refractivity contribution in [2.24, 2.45) is 7.05 Å². The first-order valence-electron chi connectivity index (χ1n) is 6.88. The van der Waals surface area contributed by atoms with Gasteiger partial charge in [-0.05, 0) is 18.2 Å². The second-order valence-electron chi connectivity index (χ2n) is 4.92. The standard InChI is InChI=1S/C16H18N4O/c1-20-9-8-14(19-20)11-17-10-13-7-6-12-4-3-5-15(21-2)16(12)18-13/h3-9,17H,10-11H2,1-2H3. The zero-order valence-corrected chi connectivity index (χ0v) is 12.2. The van der Waals surface area contributed by atoms with E-state index in [4.69, 9.17) is 4.74 Å². The number of rotatable bonds is 5. The number of pyridine rings is 1. The highest BCUT2D eigenvalue weighted by Crippen LogP contribution is 2.23. The lowest BCUT2D eigenvalue weighted by Gasteiger charge is -2.07. The van der Waals surface area contributed by atoms with Crippen LogP contribution in [-0.4, -0.2) is 21.9 Å². The molecule has 0 saturated heterocycles. The molecule has 0 aliphatic heterocycles. The second kappa shape index (κ2) is 5.93. The first kappa shape index (κ1) is 13.6. The molecule has 0 fully saturated rings. The second-order valence-corrected chi connectivity index (χ2v) is 4.92. The number of para-hydroxylation sites is 1. The van der Waals surface area contributed by atoms with Crippen molar-refractivity contribution in [3.05, 3.63) is 54.0 Å². The maximum Gasteiger partial charge on any atom is 0.145 e. The Balaban J connectivity index is 1.72. The van der Waals surface area contributed by atoms with E-state index in [0.29, 0.717) is 6.54 Å². The maximum atomic E-state index is 5.36. The molecular formula is C16H18N4O. The molecule has 5 heteroatoms. The van der Waals surface area contributed by atoms with Crippen LogP contribution in [0.4, 0.5) is 0 Å². The summed E-state index contributed by atoms with van der Waals surface area (Å²) in [7, 11) is 3.59. The van der Waals surface area contributed by atoms with Gasteiger partial charge in [-0.1, -0.05) is 18.2 Å². The van der Waals surface area contributed by atoms with E-state index in [1.165, 1.54) is 0 Å². The van der Waals surface area contributed by atoms with E-state index in [-0.39, 0.29) is 0 Å². The minimum atomic E-state index is 0.699. The third-order valence-electron chi connectivity index (χ3n) is 3.34. The number of methoxy groups -OCH3 is 1. The summed E-state index contributed by atoms with van der Waals surface area (Å²) in [5, 5.41) is 8.77. The van der Waals surface area contributed by atoms with Crippen molar-refractivity contribution < 1.29 is 4.74 Å². The smallest absolute Gasteiger partial charge is 0.145 e. The quantitative estimate of drug-likeness (QED) is 0.780. The molecular weight excluding hydrogens is 264 g/mol. The van der Waals surface area contributed by atoms with Gasteiger partial charge in [-0.2, -0.15) is 5.10 Å². The summed E-state index contributed by atoms with van der Waals surface area (Å²) in [5.41, 5.74) is 2.91. The Labute approximate surface area is 123 Å². The molecule has 5 nitrogen and oxygen atoms in total. The van der Waals surface area contributed by atoms with Gasteiger partial charge in [0, 0.05) is 31.7 Å². The number of nitrogens with one attached hydrogen (secondary N) is 1. The average molecular weight is 282 g/mol. The lowest BCUT2D eigenvalue weighted by Crippen LogP contribution is -2.14. The van der Waals surface area contributed by atoms with Gasteiger partial charge in [-0.3, -0.25) is 4.68 Å². The van der Waals surface area contributed by atoms with Crippen molar-refractivity contribution in [2.75, 3.05) is 7.11 Å². The predicted octanol–water partition coefficient (Wildman–Crippen LogP) is 2.27. The molecule has 0 bridgehead atoms. The fourth-order valence-electron chi connectivity index (χ4n) is 2.30. The zero-order valence-electron chi connectivity index (χ0n) is 12.2. The van der Waals surface area contributed by atoms with Crippen LogP contribution in [0.2, 0.25) is 0 Å². The summed E-state index contributed by atoms with van der Waals surface area (Å²) in [5.74, 6) is 0.805. The highest BCUT2D eigenvalue weighted by atomic mass is 16.5. The number of benzene rings is 1. The van der Waals surface area contributed by atoms with E-state index in [1.807, 2.05) is 43.6 Å². The minimum Gasteiger partial charge on any atom is -0.494 e. The fourth-order valence-corrected chi connectivity index (χ4v) is 2.30. The largest absolute Gasteiger partial charge is 0.494 e. The lowest BCUT2D eigenvalue weighted by molar-refractivity contribution is 0.418. The van der Waals surface area contributed by atoms with Crippen LogP contribution in [0.3, 0.4) is 0 Å². The number of fused-ring (bicyclic) bond motifs is 1. The summed E-state index contributed by atoms with van der Waals surface area (Å²) in [6.45, 7) is 1.43. The maximum absolute atomic E-state index is 5.36. The Bertz CT molecular complexity index is 751. The topological polar surface area (TPSA) is 52.0 Å². The molecule has 0 atom stereocenters. The van der Waals surface area contributed by atoms with Crippen LogP contribution in [0.5, 0.6) is 5.75 Å². The van der Waals surface area contributed by atoms with Crippen molar-refractivity contribution in [3.63, 3.8) is 0 Å². The van der Waals surface area contributed by atoms with Gasteiger partial charge in [0.05, 0.1) is 18.5 Å². The van der Waals surface area contributed by atoms with Gasteiger partial charge in [0.2, 0.25) is 0 Å². The third kappa shape index (κ3) is 3.03. The van der Waals surface area contributed by atoms with Gasteiger partial charge in [-0.25, -0.2) is 4.98 Å². The molecule has 2 aromatic heterocycles. The Morgan fingerprint density at radius 3 is 2.71 bits per heavy atom. The van der Waals surface area contributed by atoms with Crippen molar-refractivity contribution in [2.45, 2.75) is 13.1 Å². The number of hydrogen-bond donors (Lipinski definition) is 1. The Morgan fingerprint density at radius 1 is 1.10 bits per heavy atom. The molecule has 1 aromatic carbocycles. The van der Waals surface area contributed by atoms with E-state index in [0.717, 1.165) is 34.6 Å². The monoisotopic (exact) mass is 282 g/mol. The summed E-state index contributed by atoms with van der Waals surface area (Å²) in [4.78, 5) is 4.67. The van der Waals surface area contributed by atoms with Crippen molar-refractivity contribution >= 4 is 10.9 Å². The Kier molecular flexibility index (Phi) is 3.83. The number of nitrogens with zero attached hydrogens (tertiary/aromatic N) is 3. The minimum absolute atomic E-state index is 0.699. The number of ether oxygens (including phenoxy) is 1. The van der Waals surface area contributed by atoms with Crippen LogP contribution in [0.15, 0.2) is 42.6 Å². The molecule has 0 spiro atoms. The number of hydrogen-bond acceptors (Lipinski definition) is 4. The van der Waals surface area contributed by atoms with Crippen molar-refractivity contribution in [1.82, 2.24) is 20.1 Å². The molecule has 3 rings (SSSR count). The summed E-state index contributed by atoms with van der Waals surface area (Å²) >= 11 is 0.